The number of phenols is 2. The first-order chi connectivity index (χ1) is 22.2. The predicted molar refractivity (Wildman–Crippen MR) is 164 cm³/mol. The summed E-state index contributed by atoms with van der Waals surface area (Å²) in [4.78, 5) is 2.65. The first-order valence-electron chi connectivity index (χ1n) is 14.1. The summed E-state index contributed by atoms with van der Waals surface area (Å²) in [5.74, 6) is 0.134. The van der Waals surface area contributed by atoms with Gasteiger partial charge in [0.05, 0.1) is 30.5 Å². The van der Waals surface area contributed by atoms with Gasteiger partial charge in [0.15, 0.2) is 11.6 Å². The van der Waals surface area contributed by atoms with Crippen molar-refractivity contribution in [1.82, 2.24) is 44.9 Å². The van der Waals surface area contributed by atoms with Gasteiger partial charge in [0, 0.05) is 30.1 Å². The van der Waals surface area contributed by atoms with E-state index in [1.54, 1.807) is 62.7 Å². The summed E-state index contributed by atoms with van der Waals surface area (Å²) >= 11 is 0. The second-order valence-corrected chi connectivity index (χ2v) is 12.3. The molecule has 3 heterocycles. The van der Waals surface area contributed by atoms with Gasteiger partial charge in [-0.2, -0.15) is 14.5 Å². The van der Waals surface area contributed by atoms with Crippen molar-refractivity contribution in [3.8, 4) is 11.5 Å². The van der Waals surface area contributed by atoms with Crippen LogP contribution in [0, 0.1) is 13.8 Å². The van der Waals surface area contributed by atoms with Crippen molar-refractivity contribution in [3.05, 3.63) is 100 Å². The molecule has 0 atom stereocenters. The van der Waals surface area contributed by atoms with E-state index in [0.29, 0.717) is 52.7 Å². The fraction of sp³-hybridized carbons (Fsp3) is 0.241. The molecule has 46 heavy (non-hydrogen) atoms. The Kier molecular flexibility index (Phi) is 8.60. The third-order valence-corrected chi connectivity index (χ3v) is 9.30. The highest BCUT2D eigenvalue weighted by molar-refractivity contribution is 7.89. The SMILES string of the molecule is Cc1nnnn1N=Cc1ccc(O)c(C(c2ccc(S(=O)(=O)N3CCOCC3)cc2)c2cc(C=Nn3nnnc3C)ccc2O)c1. The van der Waals surface area contributed by atoms with Gasteiger partial charge in [0.1, 0.15) is 11.5 Å². The fourth-order valence-electron chi connectivity index (χ4n) is 4.97. The van der Waals surface area contributed by atoms with Gasteiger partial charge in [-0.25, -0.2) is 8.42 Å². The van der Waals surface area contributed by atoms with Crippen molar-refractivity contribution in [2.24, 2.45) is 10.2 Å². The molecule has 0 unspecified atom stereocenters. The van der Waals surface area contributed by atoms with E-state index in [2.05, 4.69) is 41.3 Å². The quantitative estimate of drug-likeness (QED) is 0.175. The van der Waals surface area contributed by atoms with Gasteiger partial charge in [-0.15, -0.1) is 19.8 Å². The summed E-state index contributed by atoms with van der Waals surface area (Å²) < 4.78 is 33.4. The van der Waals surface area contributed by atoms with E-state index in [1.165, 1.54) is 38.2 Å². The van der Waals surface area contributed by atoms with Crippen LogP contribution in [0.25, 0.3) is 0 Å². The number of hydrogen-bond donors (Lipinski definition) is 2. The van der Waals surface area contributed by atoms with Gasteiger partial charge in [-0.1, -0.05) is 12.1 Å². The molecule has 236 valence electrons. The van der Waals surface area contributed by atoms with E-state index in [-0.39, 0.29) is 29.5 Å². The molecule has 2 aromatic heterocycles. The fourth-order valence-corrected chi connectivity index (χ4v) is 6.38. The molecule has 1 fully saturated rings. The highest BCUT2D eigenvalue weighted by atomic mass is 32.2. The Morgan fingerprint density at radius 1 is 0.783 bits per heavy atom. The van der Waals surface area contributed by atoms with Gasteiger partial charge in [0.25, 0.3) is 0 Å². The molecule has 1 saturated heterocycles. The van der Waals surface area contributed by atoms with E-state index in [9.17, 15) is 18.6 Å². The zero-order valence-corrected chi connectivity index (χ0v) is 25.6. The first kappa shape index (κ1) is 30.6. The number of tetrazole rings is 2. The van der Waals surface area contributed by atoms with E-state index < -0.39 is 15.9 Å². The molecule has 0 spiro atoms. The minimum absolute atomic E-state index is 0.0476. The normalized spacial score (nSPS) is 15.2. The largest absolute Gasteiger partial charge is 0.508 e. The molecule has 1 aliphatic heterocycles. The van der Waals surface area contributed by atoms with Gasteiger partial charge >= 0.3 is 0 Å². The number of benzene rings is 3. The second-order valence-electron chi connectivity index (χ2n) is 10.4. The lowest BCUT2D eigenvalue weighted by atomic mass is 9.83. The Morgan fingerprint density at radius 2 is 1.28 bits per heavy atom. The van der Waals surface area contributed by atoms with Crippen molar-refractivity contribution < 1.29 is 23.4 Å². The Hall–Kier alpha value is -5.39. The molecule has 0 amide bonds. The number of hydrogen-bond acceptors (Lipinski definition) is 13. The molecule has 5 aromatic rings. The number of sulfonamides is 1. The lowest BCUT2D eigenvalue weighted by molar-refractivity contribution is 0.0730. The number of morpholine rings is 1. The van der Waals surface area contributed by atoms with E-state index in [1.807, 2.05) is 0 Å². The smallest absolute Gasteiger partial charge is 0.243 e. The van der Waals surface area contributed by atoms with E-state index >= 15 is 0 Å². The average molecular weight is 644 g/mol. The number of rotatable bonds is 9. The summed E-state index contributed by atoms with van der Waals surface area (Å²) in [7, 11) is -3.75. The van der Waals surface area contributed by atoms with Gasteiger partial charge in [-0.05, 0) is 99.9 Å². The molecule has 17 heteroatoms. The van der Waals surface area contributed by atoms with Crippen LogP contribution >= 0.6 is 0 Å². The van der Waals surface area contributed by atoms with Crippen LogP contribution < -0.4 is 0 Å². The Bertz CT molecular complexity index is 1920. The van der Waals surface area contributed by atoms with Crippen molar-refractivity contribution >= 4 is 22.5 Å². The summed E-state index contributed by atoms with van der Waals surface area (Å²) in [6.45, 7) is 4.61. The van der Waals surface area contributed by atoms with Gasteiger partial charge < -0.3 is 14.9 Å². The minimum Gasteiger partial charge on any atom is -0.508 e. The van der Waals surface area contributed by atoms with Crippen LogP contribution in [0.4, 0.5) is 0 Å². The topological polar surface area (TPSA) is 199 Å². The molecule has 2 N–H and O–H groups in total. The van der Waals surface area contributed by atoms with E-state index in [0.717, 1.165) is 0 Å². The van der Waals surface area contributed by atoms with Crippen molar-refractivity contribution in [3.63, 3.8) is 0 Å². The van der Waals surface area contributed by atoms with Crippen LogP contribution in [0.3, 0.4) is 0 Å². The molecule has 16 nitrogen and oxygen atoms in total. The lowest BCUT2D eigenvalue weighted by Gasteiger charge is -2.26. The highest BCUT2D eigenvalue weighted by Crippen LogP contribution is 2.41. The molecule has 6 rings (SSSR count). The lowest BCUT2D eigenvalue weighted by Crippen LogP contribution is -2.40. The molecular formula is C29H29N11O5S. The molecule has 0 radical (unpaired) electrons. The van der Waals surface area contributed by atoms with Gasteiger partial charge in [0.2, 0.25) is 10.0 Å². The van der Waals surface area contributed by atoms with E-state index in [4.69, 9.17) is 4.74 Å². The Morgan fingerprint density at radius 3 is 1.74 bits per heavy atom. The molecule has 0 bridgehead atoms. The maximum atomic E-state index is 13.3. The third-order valence-electron chi connectivity index (χ3n) is 7.39. The van der Waals surface area contributed by atoms with Crippen LogP contribution in [-0.2, 0) is 14.8 Å². The summed E-state index contributed by atoms with van der Waals surface area (Å²) in [5.41, 5.74) is 2.71. The van der Waals surface area contributed by atoms with Crippen LogP contribution in [0.1, 0.15) is 45.4 Å². The monoisotopic (exact) mass is 643 g/mol. The second kappa shape index (κ2) is 12.9. The number of nitrogens with zero attached hydrogens (tertiary/aromatic N) is 11. The average Bonchev–Trinajstić information content (AvgIpc) is 3.68. The number of ether oxygens (including phenoxy) is 1. The standard InChI is InChI=1S/C29H29N11O5S/c1-19-32-34-36-39(19)30-17-21-3-9-27(41)25(15-21)29(23-5-7-24(8-6-23)46(43,44)38-11-13-45-14-12-38)26-16-22(4-10-28(26)42)18-31-40-20(2)33-35-37-40/h3-10,15-18,29,41-42H,11-14H2,1-2H3. The Labute approximate surface area is 263 Å². The van der Waals surface area contributed by atoms with Crippen LogP contribution in [0.5, 0.6) is 11.5 Å². The van der Waals surface area contributed by atoms with Crippen molar-refractivity contribution in [1.29, 1.82) is 0 Å². The zero-order valence-electron chi connectivity index (χ0n) is 24.8. The Balaban J connectivity index is 1.44. The van der Waals surface area contributed by atoms with Crippen molar-refractivity contribution in [2.75, 3.05) is 26.3 Å². The van der Waals surface area contributed by atoms with Crippen LogP contribution in [0.15, 0.2) is 75.8 Å². The molecule has 3 aromatic carbocycles. The number of aromatic hydroxyl groups is 2. The van der Waals surface area contributed by atoms with Crippen LogP contribution in [0.2, 0.25) is 0 Å². The number of aromatic nitrogens is 8. The minimum atomic E-state index is -3.75. The summed E-state index contributed by atoms with van der Waals surface area (Å²) in [5, 5.41) is 53.4. The number of phenolic OH excluding ortho intramolecular Hbond substituents is 2. The number of aryl methyl sites for hydroxylation is 2. The molecule has 0 saturated carbocycles. The summed E-state index contributed by atoms with van der Waals surface area (Å²) in [6, 6.07) is 16.3. The first-order valence-corrected chi connectivity index (χ1v) is 15.6. The third kappa shape index (κ3) is 6.37. The predicted octanol–water partition coefficient (Wildman–Crippen LogP) is 1.65. The maximum Gasteiger partial charge on any atom is 0.243 e. The van der Waals surface area contributed by atoms with Crippen LogP contribution in [-0.4, -0.2) is 102 Å². The highest BCUT2D eigenvalue weighted by Gasteiger charge is 2.28. The van der Waals surface area contributed by atoms with Crippen molar-refractivity contribution in [2.45, 2.75) is 24.7 Å². The summed E-state index contributed by atoms with van der Waals surface area (Å²) in [6.07, 6.45) is 3.08. The molecule has 1 aliphatic rings. The van der Waals surface area contributed by atoms with Gasteiger partial charge in [-0.3, -0.25) is 0 Å². The maximum absolute atomic E-state index is 13.3. The zero-order chi connectivity index (χ0) is 32.3. The molecular weight excluding hydrogens is 614 g/mol. The molecule has 0 aliphatic carbocycles.